The average Bonchev–Trinajstić information content (AvgIpc) is 2.16. The number of carboxylic acids is 1. The molecule has 82 valence electrons. The summed E-state index contributed by atoms with van der Waals surface area (Å²) in [7, 11) is 0. The van der Waals surface area contributed by atoms with Gasteiger partial charge in [-0.05, 0) is 45.8 Å². The molecule has 0 amide bonds. The minimum atomic E-state index is -0.873. The fourth-order valence-electron chi connectivity index (χ4n) is 1.31. The van der Waals surface area contributed by atoms with E-state index >= 15 is 0 Å². The SMILES string of the molecule is CSc1c(Br)cc(C(C)C)cc1C(=O)O. The van der Waals surface area contributed by atoms with Crippen molar-refractivity contribution in [2.24, 2.45) is 0 Å². The zero-order valence-corrected chi connectivity index (χ0v) is 11.3. The highest BCUT2D eigenvalue weighted by atomic mass is 79.9. The van der Waals surface area contributed by atoms with Crippen LogP contribution in [0.5, 0.6) is 0 Å². The van der Waals surface area contributed by atoms with Gasteiger partial charge in [0.15, 0.2) is 0 Å². The van der Waals surface area contributed by atoms with Gasteiger partial charge in [-0.25, -0.2) is 4.79 Å². The van der Waals surface area contributed by atoms with Gasteiger partial charge in [0.05, 0.1) is 5.56 Å². The Hall–Kier alpha value is -0.480. The van der Waals surface area contributed by atoms with Crippen LogP contribution in [0, 0.1) is 0 Å². The van der Waals surface area contributed by atoms with Gasteiger partial charge in [-0.3, -0.25) is 0 Å². The third-order valence-corrected chi connectivity index (χ3v) is 3.90. The second-order valence-corrected chi connectivity index (χ2v) is 5.21. The van der Waals surface area contributed by atoms with Crippen LogP contribution < -0.4 is 0 Å². The lowest BCUT2D eigenvalue weighted by molar-refractivity contribution is 0.0693. The van der Waals surface area contributed by atoms with Crippen molar-refractivity contribution < 1.29 is 9.90 Å². The van der Waals surface area contributed by atoms with Crippen LogP contribution >= 0.6 is 27.7 Å². The van der Waals surface area contributed by atoms with Crippen LogP contribution in [0.2, 0.25) is 0 Å². The molecule has 0 bridgehead atoms. The molecular weight excluding hydrogens is 276 g/mol. The summed E-state index contributed by atoms with van der Waals surface area (Å²) < 4.78 is 0.860. The van der Waals surface area contributed by atoms with Crippen LogP contribution in [0.3, 0.4) is 0 Å². The van der Waals surface area contributed by atoms with E-state index < -0.39 is 5.97 Å². The monoisotopic (exact) mass is 288 g/mol. The van der Waals surface area contributed by atoms with Crippen molar-refractivity contribution in [3.05, 3.63) is 27.7 Å². The van der Waals surface area contributed by atoms with Crippen LogP contribution in [-0.2, 0) is 0 Å². The molecule has 1 aromatic carbocycles. The number of halogens is 1. The number of carboxylic acid groups (broad SMARTS) is 1. The summed E-state index contributed by atoms with van der Waals surface area (Å²) in [6.45, 7) is 4.10. The van der Waals surface area contributed by atoms with Gasteiger partial charge in [0.2, 0.25) is 0 Å². The van der Waals surface area contributed by atoms with Gasteiger partial charge in [-0.2, -0.15) is 0 Å². The van der Waals surface area contributed by atoms with E-state index in [1.807, 2.05) is 26.2 Å². The molecule has 0 aliphatic rings. The van der Waals surface area contributed by atoms with E-state index in [0.717, 1.165) is 14.9 Å². The van der Waals surface area contributed by atoms with Crippen molar-refractivity contribution in [1.29, 1.82) is 0 Å². The fourth-order valence-corrected chi connectivity index (χ4v) is 2.90. The molecule has 2 nitrogen and oxygen atoms in total. The topological polar surface area (TPSA) is 37.3 Å². The first-order valence-corrected chi connectivity index (χ1v) is 6.59. The summed E-state index contributed by atoms with van der Waals surface area (Å²) in [5, 5.41) is 9.09. The second kappa shape index (κ2) is 5.03. The lowest BCUT2D eigenvalue weighted by atomic mass is 10.0. The number of rotatable bonds is 3. The van der Waals surface area contributed by atoms with E-state index in [-0.39, 0.29) is 0 Å². The highest BCUT2D eigenvalue weighted by molar-refractivity contribution is 9.10. The van der Waals surface area contributed by atoms with E-state index in [1.165, 1.54) is 11.8 Å². The molecule has 0 aliphatic carbocycles. The molecule has 0 saturated heterocycles. The van der Waals surface area contributed by atoms with Crippen molar-refractivity contribution in [2.45, 2.75) is 24.7 Å². The molecule has 0 unspecified atom stereocenters. The second-order valence-electron chi connectivity index (χ2n) is 3.54. The zero-order valence-electron chi connectivity index (χ0n) is 8.87. The Morgan fingerprint density at radius 2 is 2.07 bits per heavy atom. The summed E-state index contributed by atoms with van der Waals surface area (Å²) in [4.78, 5) is 11.9. The number of thioether (sulfide) groups is 1. The number of benzene rings is 1. The van der Waals surface area contributed by atoms with E-state index in [4.69, 9.17) is 5.11 Å². The Labute approximate surface area is 102 Å². The normalized spacial score (nSPS) is 10.7. The number of hydrogen-bond acceptors (Lipinski definition) is 2. The molecular formula is C11H13BrO2S. The van der Waals surface area contributed by atoms with Crippen LogP contribution in [0.4, 0.5) is 0 Å². The molecule has 0 saturated carbocycles. The molecule has 0 radical (unpaired) electrons. The maximum atomic E-state index is 11.1. The third-order valence-electron chi connectivity index (χ3n) is 2.17. The molecule has 15 heavy (non-hydrogen) atoms. The minimum absolute atomic E-state index is 0.329. The van der Waals surface area contributed by atoms with Gasteiger partial charge in [0.25, 0.3) is 0 Å². The number of aromatic carboxylic acids is 1. The standard InChI is InChI=1S/C11H13BrO2S/c1-6(2)7-4-8(11(13)14)10(15-3)9(12)5-7/h4-6H,1-3H3,(H,13,14). The Bertz CT molecular complexity index is 388. The molecule has 1 N–H and O–H groups in total. The molecule has 0 aromatic heterocycles. The van der Waals surface area contributed by atoms with Crippen molar-refractivity contribution >= 4 is 33.7 Å². The smallest absolute Gasteiger partial charge is 0.336 e. The predicted molar refractivity (Wildman–Crippen MR) is 67.0 cm³/mol. The molecule has 0 heterocycles. The third kappa shape index (κ3) is 2.75. The van der Waals surface area contributed by atoms with Gasteiger partial charge >= 0.3 is 5.97 Å². The lowest BCUT2D eigenvalue weighted by Crippen LogP contribution is -2.02. The van der Waals surface area contributed by atoms with Gasteiger partial charge in [-0.15, -0.1) is 11.8 Å². The van der Waals surface area contributed by atoms with Crippen molar-refractivity contribution in [2.75, 3.05) is 6.26 Å². The van der Waals surface area contributed by atoms with E-state index in [9.17, 15) is 4.79 Å². The molecule has 0 atom stereocenters. The first-order chi connectivity index (χ1) is 6.97. The lowest BCUT2D eigenvalue weighted by Gasteiger charge is -2.11. The first kappa shape index (κ1) is 12.6. The van der Waals surface area contributed by atoms with Crippen LogP contribution in [0.15, 0.2) is 21.5 Å². The Balaban J connectivity index is 3.38. The summed E-state index contributed by atoms with van der Waals surface area (Å²) in [5.74, 6) is -0.544. The van der Waals surface area contributed by atoms with E-state index in [2.05, 4.69) is 15.9 Å². The van der Waals surface area contributed by atoms with Crippen LogP contribution in [-0.4, -0.2) is 17.3 Å². The Morgan fingerprint density at radius 3 is 2.47 bits per heavy atom. The Morgan fingerprint density at radius 1 is 1.47 bits per heavy atom. The summed E-state index contributed by atoms with van der Waals surface area (Å²) in [5.41, 5.74) is 1.41. The van der Waals surface area contributed by atoms with Crippen LogP contribution in [0.1, 0.15) is 35.7 Å². The molecule has 0 aliphatic heterocycles. The maximum Gasteiger partial charge on any atom is 0.336 e. The summed E-state index contributed by atoms with van der Waals surface area (Å²) >= 11 is 4.85. The van der Waals surface area contributed by atoms with Crippen molar-refractivity contribution in [3.63, 3.8) is 0 Å². The van der Waals surface area contributed by atoms with E-state index in [0.29, 0.717) is 11.5 Å². The fraction of sp³-hybridized carbons (Fsp3) is 0.364. The van der Waals surface area contributed by atoms with Gasteiger partial charge < -0.3 is 5.11 Å². The largest absolute Gasteiger partial charge is 0.478 e. The quantitative estimate of drug-likeness (QED) is 0.855. The molecule has 0 spiro atoms. The van der Waals surface area contributed by atoms with E-state index in [1.54, 1.807) is 6.07 Å². The highest BCUT2D eigenvalue weighted by Gasteiger charge is 2.15. The molecule has 1 aromatic rings. The maximum absolute atomic E-state index is 11.1. The molecule has 4 heteroatoms. The summed E-state index contributed by atoms with van der Waals surface area (Å²) in [6, 6.07) is 3.74. The average molecular weight is 289 g/mol. The van der Waals surface area contributed by atoms with Crippen molar-refractivity contribution in [1.82, 2.24) is 0 Å². The Kier molecular flexibility index (Phi) is 4.22. The number of carbonyl (C=O) groups is 1. The van der Waals surface area contributed by atoms with Gasteiger partial charge in [0.1, 0.15) is 0 Å². The first-order valence-electron chi connectivity index (χ1n) is 4.58. The highest BCUT2D eigenvalue weighted by Crippen LogP contribution is 2.33. The number of hydrogen-bond donors (Lipinski definition) is 1. The van der Waals surface area contributed by atoms with Gasteiger partial charge in [-0.1, -0.05) is 13.8 Å². The van der Waals surface area contributed by atoms with Gasteiger partial charge in [0, 0.05) is 9.37 Å². The molecule has 0 fully saturated rings. The zero-order chi connectivity index (χ0) is 11.6. The summed E-state index contributed by atoms with van der Waals surface area (Å²) in [6.07, 6.45) is 1.88. The van der Waals surface area contributed by atoms with Crippen LogP contribution in [0.25, 0.3) is 0 Å². The minimum Gasteiger partial charge on any atom is -0.478 e. The predicted octanol–water partition coefficient (Wildman–Crippen LogP) is 3.99. The van der Waals surface area contributed by atoms with Crippen molar-refractivity contribution in [3.8, 4) is 0 Å². The molecule has 1 rings (SSSR count).